The Morgan fingerprint density at radius 1 is 1.44 bits per heavy atom. The zero-order valence-electron chi connectivity index (χ0n) is 16.5. The van der Waals surface area contributed by atoms with Crippen LogP contribution in [0.5, 0.6) is 11.5 Å². The van der Waals surface area contributed by atoms with Gasteiger partial charge in [0.2, 0.25) is 0 Å². The summed E-state index contributed by atoms with van der Waals surface area (Å²) in [6.07, 6.45) is 2.38. The zero-order valence-corrected chi connectivity index (χ0v) is 16.5. The topological polar surface area (TPSA) is 93.9 Å². The van der Waals surface area contributed by atoms with E-state index in [0.29, 0.717) is 24.8 Å². The van der Waals surface area contributed by atoms with Crippen molar-refractivity contribution in [1.82, 2.24) is 10.2 Å². The summed E-state index contributed by atoms with van der Waals surface area (Å²) in [6, 6.07) is 2.78. The molecule has 0 unspecified atom stereocenters. The van der Waals surface area contributed by atoms with Crippen molar-refractivity contribution in [3.8, 4) is 11.5 Å². The van der Waals surface area contributed by atoms with Crippen LogP contribution in [0.4, 0.5) is 5.69 Å². The number of nitro groups is 1. The van der Waals surface area contributed by atoms with Gasteiger partial charge in [0, 0.05) is 25.2 Å². The van der Waals surface area contributed by atoms with Crippen molar-refractivity contribution in [1.29, 1.82) is 0 Å². The summed E-state index contributed by atoms with van der Waals surface area (Å²) in [5.74, 6) is 0.706. The van der Waals surface area contributed by atoms with E-state index in [1.54, 1.807) is 6.92 Å². The van der Waals surface area contributed by atoms with Crippen LogP contribution >= 0.6 is 0 Å². The minimum Gasteiger partial charge on any atom is -0.493 e. The lowest BCUT2D eigenvalue weighted by atomic mass is 9.99. The smallest absolute Gasteiger partial charge is 0.286 e. The van der Waals surface area contributed by atoms with Gasteiger partial charge in [-0.25, -0.2) is 0 Å². The predicted octanol–water partition coefficient (Wildman–Crippen LogP) is 2.85. The first-order chi connectivity index (χ1) is 12.9. The molecule has 1 aliphatic heterocycles. The Labute approximate surface area is 160 Å². The molecule has 27 heavy (non-hydrogen) atoms. The molecular formula is C19H29N3O5. The second kappa shape index (κ2) is 9.55. The van der Waals surface area contributed by atoms with E-state index >= 15 is 0 Å². The molecule has 1 N–H and O–H groups in total. The van der Waals surface area contributed by atoms with Gasteiger partial charge in [0.1, 0.15) is 5.56 Å². The molecule has 1 amide bonds. The average molecular weight is 379 g/mol. The van der Waals surface area contributed by atoms with Gasteiger partial charge in [0.05, 0.1) is 24.7 Å². The summed E-state index contributed by atoms with van der Waals surface area (Å²) < 4.78 is 10.6. The highest BCUT2D eigenvalue weighted by Crippen LogP contribution is 2.34. The van der Waals surface area contributed by atoms with Crippen molar-refractivity contribution in [3.05, 3.63) is 27.8 Å². The summed E-state index contributed by atoms with van der Waals surface area (Å²) in [5, 5.41) is 14.3. The third kappa shape index (κ3) is 5.32. The van der Waals surface area contributed by atoms with Crippen LogP contribution in [0.15, 0.2) is 12.1 Å². The molecule has 0 aromatic heterocycles. The van der Waals surface area contributed by atoms with Crippen LogP contribution in [0.25, 0.3) is 0 Å². The number of methoxy groups -OCH3 is 1. The maximum atomic E-state index is 12.6. The Bertz CT molecular complexity index is 680. The van der Waals surface area contributed by atoms with E-state index in [2.05, 4.69) is 24.1 Å². The van der Waals surface area contributed by atoms with Crippen LogP contribution in [0.3, 0.4) is 0 Å². The third-order valence-corrected chi connectivity index (χ3v) is 4.89. The minimum absolute atomic E-state index is 0.0282. The quantitative estimate of drug-likeness (QED) is 0.551. The zero-order chi connectivity index (χ0) is 20.0. The summed E-state index contributed by atoms with van der Waals surface area (Å²) in [7, 11) is 1.44. The molecule has 1 heterocycles. The number of benzene rings is 1. The minimum atomic E-state index is -0.577. The van der Waals surface area contributed by atoms with Gasteiger partial charge in [-0.3, -0.25) is 19.8 Å². The number of ether oxygens (including phenoxy) is 2. The molecule has 1 aromatic rings. The van der Waals surface area contributed by atoms with Crippen LogP contribution in [0, 0.1) is 16.0 Å². The second-order valence-electron chi connectivity index (χ2n) is 7.01. The van der Waals surface area contributed by atoms with Gasteiger partial charge in [-0.1, -0.05) is 6.92 Å². The van der Waals surface area contributed by atoms with Gasteiger partial charge < -0.3 is 14.8 Å². The van der Waals surface area contributed by atoms with Gasteiger partial charge in [0.25, 0.3) is 11.6 Å². The van der Waals surface area contributed by atoms with Gasteiger partial charge in [-0.15, -0.1) is 0 Å². The van der Waals surface area contributed by atoms with E-state index in [4.69, 9.17) is 9.47 Å². The molecule has 0 radical (unpaired) electrons. The fraction of sp³-hybridized carbons (Fsp3) is 0.632. The van der Waals surface area contributed by atoms with Crippen LogP contribution in [0.1, 0.15) is 44.0 Å². The monoisotopic (exact) mass is 379 g/mol. The Hall–Kier alpha value is -2.35. The lowest BCUT2D eigenvalue weighted by Crippen LogP contribution is -2.46. The van der Waals surface area contributed by atoms with Crippen molar-refractivity contribution in [2.45, 2.75) is 39.7 Å². The summed E-state index contributed by atoms with van der Waals surface area (Å²) in [5.41, 5.74) is -0.324. The number of rotatable bonds is 8. The molecule has 1 aromatic carbocycles. The maximum absolute atomic E-state index is 12.6. The Morgan fingerprint density at radius 3 is 2.78 bits per heavy atom. The third-order valence-electron chi connectivity index (χ3n) is 4.89. The molecule has 1 fully saturated rings. The molecule has 150 valence electrons. The van der Waals surface area contributed by atoms with E-state index < -0.39 is 10.8 Å². The molecule has 1 saturated heterocycles. The van der Waals surface area contributed by atoms with E-state index in [0.717, 1.165) is 19.5 Å². The van der Waals surface area contributed by atoms with E-state index in [1.807, 2.05) is 0 Å². The van der Waals surface area contributed by atoms with Crippen molar-refractivity contribution in [3.63, 3.8) is 0 Å². The average Bonchev–Trinajstić information content (AvgIpc) is 2.65. The van der Waals surface area contributed by atoms with Gasteiger partial charge in [-0.05, 0) is 39.2 Å². The Balaban J connectivity index is 2.13. The first kappa shape index (κ1) is 21.0. The number of carbonyl (C=O) groups excluding carboxylic acids is 1. The van der Waals surface area contributed by atoms with Crippen molar-refractivity contribution < 1.29 is 19.2 Å². The number of hydrogen-bond acceptors (Lipinski definition) is 6. The molecule has 0 bridgehead atoms. The van der Waals surface area contributed by atoms with E-state index in [1.165, 1.54) is 25.7 Å². The lowest BCUT2D eigenvalue weighted by Gasteiger charge is -2.35. The van der Waals surface area contributed by atoms with Crippen LogP contribution in [0.2, 0.25) is 0 Å². The number of nitro benzene ring substituents is 1. The summed E-state index contributed by atoms with van der Waals surface area (Å²) in [6.45, 7) is 8.85. The van der Waals surface area contributed by atoms with Crippen molar-refractivity contribution >= 4 is 11.6 Å². The van der Waals surface area contributed by atoms with Gasteiger partial charge in [0.15, 0.2) is 11.5 Å². The first-order valence-corrected chi connectivity index (χ1v) is 9.38. The molecule has 1 aliphatic rings. The van der Waals surface area contributed by atoms with Crippen molar-refractivity contribution in [2.75, 3.05) is 33.4 Å². The molecule has 2 atom stereocenters. The molecule has 0 spiro atoms. The van der Waals surface area contributed by atoms with Crippen LogP contribution < -0.4 is 14.8 Å². The largest absolute Gasteiger partial charge is 0.493 e. The fourth-order valence-electron chi connectivity index (χ4n) is 3.40. The number of likely N-dealkylation sites (tertiary alicyclic amines) is 1. The highest BCUT2D eigenvalue weighted by Gasteiger charge is 2.26. The fourth-order valence-corrected chi connectivity index (χ4v) is 3.40. The normalized spacial score (nSPS) is 18.6. The predicted molar refractivity (Wildman–Crippen MR) is 103 cm³/mol. The molecule has 8 heteroatoms. The van der Waals surface area contributed by atoms with E-state index in [9.17, 15) is 14.9 Å². The standard InChI is InChI=1S/C19H29N3O5/c1-5-27-18-10-16(22(24)25)15(9-17(18)26-4)19(23)20-11-14(3)21-8-6-7-13(2)12-21/h9-10,13-14H,5-8,11-12H2,1-4H3,(H,20,23)/t13-,14+/m0/s1. The molecule has 0 aliphatic carbocycles. The summed E-state index contributed by atoms with van der Waals surface area (Å²) in [4.78, 5) is 25.8. The number of nitrogens with zero attached hydrogens (tertiary/aromatic N) is 2. The number of amides is 1. The van der Waals surface area contributed by atoms with Crippen LogP contribution in [-0.2, 0) is 0 Å². The molecule has 0 saturated carbocycles. The molecule has 2 rings (SSSR count). The summed E-state index contributed by atoms with van der Waals surface area (Å²) >= 11 is 0. The number of nitrogens with one attached hydrogen (secondary N) is 1. The first-order valence-electron chi connectivity index (χ1n) is 9.38. The highest BCUT2D eigenvalue weighted by molar-refractivity contribution is 5.99. The number of hydrogen-bond donors (Lipinski definition) is 1. The lowest BCUT2D eigenvalue weighted by molar-refractivity contribution is -0.385. The maximum Gasteiger partial charge on any atom is 0.286 e. The Morgan fingerprint density at radius 2 is 2.19 bits per heavy atom. The van der Waals surface area contributed by atoms with Crippen molar-refractivity contribution in [2.24, 2.45) is 5.92 Å². The SMILES string of the molecule is CCOc1cc([N+](=O)[O-])c(C(=O)NC[C@@H](C)N2CCC[C@H](C)C2)cc1OC. The van der Waals surface area contributed by atoms with Crippen LogP contribution in [-0.4, -0.2) is 55.1 Å². The number of carbonyl (C=O) groups is 1. The molecule has 8 nitrogen and oxygen atoms in total. The second-order valence-corrected chi connectivity index (χ2v) is 7.01. The Kier molecular flexibility index (Phi) is 7.41. The molecular weight excluding hydrogens is 350 g/mol. The van der Waals surface area contributed by atoms with Gasteiger partial charge >= 0.3 is 0 Å². The highest BCUT2D eigenvalue weighted by atomic mass is 16.6. The van der Waals surface area contributed by atoms with Gasteiger partial charge in [-0.2, -0.15) is 0 Å². The number of piperidine rings is 1. The van der Waals surface area contributed by atoms with E-state index in [-0.39, 0.29) is 23.0 Å².